The van der Waals surface area contributed by atoms with Gasteiger partial charge in [-0.2, -0.15) is 0 Å². The number of nitro benzene ring substituents is 1. The minimum Gasteiger partial charge on any atom is -0.477 e. The Morgan fingerprint density at radius 1 is 1.29 bits per heavy atom. The van der Waals surface area contributed by atoms with Crippen molar-refractivity contribution in [3.05, 3.63) is 50.5 Å². The van der Waals surface area contributed by atoms with E-state index in [4.69, 9.17) is 21.4 Å². The van der Waals surface area contributed by atoms with Gasteiger partial charge in [0.25, 0.3) is 5.69 Å². The molecule has 0 bridgehead atoms. The molecule has 0 aliphatic carbocycles. The van der Waals surface area contributed by atoms with Gasteiger partial charge in [0.05, 0.1) is 16.9 Å². The molecule has 10 heteroatoms. The Hall–Kier alpha value is -1.75. The first-order chi connectivity index (χ1) is 15.8. The molecule has 0 unspecified atom stereocenters. The lowest BCUT2D eigenvalue weighted by Gasteiger charge is -2.48. The number of non-ortho nitro benzene ring substituents is 1. The molecule has 0 aromatic heterocycles. The highest BCUT2D eigenvalue weighted by atomic mass is 32.2. The Labute approximate surface area is 212 Å². The molecular weight excluding hydrogens is 488 g/mol. The molecule has 2 aliphatic rings. The topological polar surface area (TPSA) is 81.9 Å². The number of hydrogen-bond donors (Lipinski definition) is 0. The highest BCUT2D eigenvalue weighted by Gasteiger charge is 2.58. The molecule has 3 atom stereocenters. The molecule has 0 N–H and O–H groups in total. The summed E-state index contributed by atoms with van der Waals surface area (Å²) in [6.07, 6.45) is 1.59. The third-order valence-electron chi connectivity index (χ3n) is 6.83. The largest absolute Gasteiger partial charge is 0.477 e. The molecule has 0 radical (unpaired) electrons. The molecule has 0 spiro atoms. The second-order valence-electron chi connectivity index (χ2n) is 10.3. The number of β-lactam (4-membered cyclic amide) rings is 1. The predicted octanol–water partition coefficient (Wildman–Crippen LogP) is 6.39. The van der Waals surface area contributed by atoms with Crippen molar-refractivity contribution in [2.45, 2.75) is 83.7 Å². The Bertz CT molecular complexity index is 1000. The molecule has 1 amide bonds. The maximum absolute atomic E-state index is 13.3. The maximum Gasteiger partial charge on any atom is 0.269 e. The maximum atomic E-state index is 13.3. The normalized spacial score (nSPS) is 21.3. The van der Waals surface area contributed by atoms with Crippen LogP contribution < -0.4 is 0 Å². The number of carbonyl (C=O) groups excluding carboxylic acids is 1. The van der Waals surface area contributed by atoms with Crippen LogP contribution in [0.25, 0.3) is 0 Å². The monoisotopic (exact) mass is 522 g/mol. The van der Waals surface area contributed by atoms with Gasteiger partial charge < -0.3 is 9.16 Å². The molecule has 2 heterocycles. The van der Waals surface area contributed by atoms with Crippen LogP contribution >= 0.6 is 24.0 Å². The first kappa shape index (κ1) is 26.8. The van der Waals surface area contributed by atoms with E-state index in [1.165, 1.54) is 12.1 Å². The van der Waals surface area contributed by atoms with Crippen LogP contribution in [0.3, 0.4) is 0 Å². The second kappa shape index (κ2) is 10.1. The van der Waals surface area contributed by atoms with Crippen molar-refractivity contribution in [3.63, 3.8) is 0 Å². The van der Waals surface area contributed by atoms with Gasteiger partial charge in [0.15, 0.2) is 8.32 Å². The number of thiocarbonyl (C=S) groups is 1. The summed E-state index contributed by atoms with van der Waals surface area (Å²) < 4.78 is 12.4. The lowest BCUT2D eigenvalue weighted by molar-refractivity contribution is -0.384. The lowest BCUT2D eigenvalue weighted by Crippen LogP contribution is -2.62. The zero-order valence-electron chi connectivity index (χ0n) is 20.9. The van der Waals surface area contributed by atoms with E-state index in [9.17, 15) is 14.9 Å². The third-order valence-corrected chi connectivity index (χ3v) is 13.1. The van der Waals surface area contributed by atoms with Gasteiger partial charge in [-0.05, 0) is 61.4 Å². The molecule has 1 saturated heterocycles. The van der Waals surface area contributed by atoms with Crippen LogP contribution in [-0.4, -0.2) is 40.6 Å². The summed E-state index contributed by atoms with van der Waals surface area (Å²) in [5.74, 6) is -0.174. The first-order valence-corrected chi connectivity index (χ1v) is 15.8. The molecule has 2 aliphatic heterocycles. The van der Waals surface area contributed by atoms with E-state index in [0.29, 0.717) is 10.7 Å². The number of rotatable bonds is 9. The number of allylic oxidation sites excluding steroid dienone is 1. The van der Waals surface area contributed by atoms with E-state index in [-0.39, 0.29) is 40.6 Å². The van der Waals surface area contributed by atoms with Crippen LogP contribution in [0.4, 0.5) is 5.69 Å². The average Bonchev–Trinajstić information content (AvgIpc) is 3.05. The fourth-order valence-corrected chi connectivity index (χ4v) is 7.37. The quantitative estimate of drug-likeness (QED) is 0.122. The Morgan fingerprint density at radius 3 is 2.44 bits per heavy atom. The molecule has 3 rings (SSSR count). The predicted molar refractivity (Wildman–Crippen MR) is 142 cm³/mol. The van der Waals surface area contributed by atoms with Crippen LogP contribution in [-0.2, 0) is 20.6 Å². The average molecular weight is 523 g/mol. The summed E-state index contributed by atoms with van der Waals surface area (Å²) in [5.41, 5.74) is 1.51. The number of fused-ring (bicyclic) bond motifs is 1. The van der Waals surface area contributed by atoms with Crippen molar-refractivity contribution in [3.8, 4) is 0 Å². The summed E-state index contributed by atoms with van der Waals surface area (Å²) in [5, 5.41) is 11.2. The van der Waals surface area contributed by atoms with Crippen LogP contribution in [0.1, 0.15) is 53.0 Å². The van der Waals surface area contributed by atoms with Gasteiger partial charge in [-0.15, -0.1) is 11.8 Å². The molecule has 0 saturated carbocycles. The van der Waals surface area contributed by atoms with E-state index in [1.54, 1.807) is 28.8 Å². The molecule has 186 valence electrons. The van der Waals surface area contributed by atoms with E-state index in [0.717, 1.165) is 23.3 Å². The Balaban J connectivity index is 1.71. The number of benzene rings is 1. The second-order valence-corrected chi connectivity index (χ2v) is 16.7. The van der Waals surface area contributed by atoms with Crippen LogP contribution in [0.5, 0.6) is 0 Å². The van der Waals surface area contributed by atoms with Crippen molar-refractivity contribution < 1.29 is 18.9 Å². The SMILES string of the molecule is CCCC1=C(C(=S)OCc2ccc([N+](=O)[O-])cc2)N2C(=O)[C@@H]([C@H](C)O[Si](C)(C)C(C)(C)C)[C@H]2S1. The Morgan fingerprint density at radius 2 is 1.91 bits per heavy atom. The summed E-state index contributed by atoms with van der Waals surface area (Å²) in [6, 6.07) is 6.19. The van der Waals surface area contributed by atoms with Crippen molar-refractivity contribution in [1.82, 2.24) is 4.90 Å². The highest BCUT2D eigenvalue weighted by molar-refractivity contribution is 8.04. The Kier molecular flexibility index (Phi) is 7.96. The molecular formula is C24H34N2O5S2Si. The molecule has 1 fully saturated rings. The number of nitrogens with zero attached hydrogens (tertiary/aromatic N) is 2. The highest BCUT2D eigenvalue weighted by Crippen LogP contribution is 2.53. The smallest absolute Gasteiger partial charge is 0.269 e. The minimum atomic E-state index is -2.01. The third kappa shape index (κ3) is 5.24. The van der Waals surface area contributed by atoms with Crippen LogP contribution in [0.15, 0.2) is 34.9 Å². The number of ether oxygens (including phenoxy) is 1. The van der Waals surface area contributed by atoms with E-state index in [2.05, 4.69) is 40.8 Å². The zero-order valence-corrected chi connectivity index (χ0v) is 23.5. The molecule has 34 heavy (non-hydrogen) atoms. The van der Waals surface area contributed by atoms with E-state index < -0.39 is 13.2 Å². The molecule has 7 nitrogen and oxygen atoms in total. The first-order valence-electron chi connectivity index (χ1n) is 11.6. The van der Waals surface area contributed by atoms with Crippen molar-refractivity contribution in [1.29, 1.82) is 0 Å². The lowest BCUT2D eigenvalue weighted by atomic mass is 9.92. The fraction of sp³-hybridized carbons (Fsp3) is 0.583. The zero-order chi connectivity index (χ0) is 25.4. The van der Waals surface area contributed by atoms with Crippen molar-refractivity contribution in [2.24, 2.45) is 5.92 Å². The van der Waals surface area contributed by atoms with E-state index >= 15 is 0 Å². The summed E-state index contributed by atoms with van der Waals surface area (Å²) in [7, 11) is -2.01. The summed E-state index contributed by atoms with van der Waals surface area (Å²) >= 11 is 7.31. The van der Waals surface area contributed by atoms with E-state index in [1.807, 2.05) is 6.92 Å². The molecule has 1 aromatic carbocycles. The van der Waals surface area contributed by atoms with Gasteiger partial charge in [0.1, 0.15) is 17.7 Å². The van der Waals surface area contributed by atoms with Crippen LogP contribution in [0.2, 0.25) is 18.1 Å². The van der Waals surface area contributed by atoms with Gasteiger partial charge in [0.2, 0.25) is 11.0 Å². The number of carbonyl (C=O) groups is 1. The fourth-order valence-electron chi connectivity index (χ4n) is 3.88. The van der Waals surface area contributed by atoms with Crippen LogP contribution in [0, 0.1) is 16.0 Å². The minimum absolute atomic E-state index is 0.0234. The van der Waals surface area contributed by atoms with Crippen molar-refractivity contribution >= 4 is 48.9 Å². The summed E-state index contributed by atoms with van der Waals surface area (Å²) in [6.45, 7) is 15.3. The van der Waals surface area contributed by atoms with Gasteiger partial charge >= 0.3 is 0 Å². The standard InChI is InChI=1S/C24H34N2O5S2Si/c1-8-9-18-20(23(32)30-14-16-10-12-17(13-11-16)26(28)29)25-21(27)19(22(25)33-18)15(2)31-34(6,7)24(3,4)5/h10-13,15,19,22H,8-9,14H2,1-7H3/t15-,19+,22+/m0/s1. The number of thioether (sulfide) groups is 1. The van der Waals surface area contributed by atoms with Gasteiger partial charge in [-0.3, -0.25) is 19.8 Å². The van der Waals surface area contributed by atoms with Crippen molar-refractivity contribution in [2.75, 3.05) is 0 Å². The number of nitro groups is 1. The van der Waals surface area contributed by atoms with Gasteiger partial charge in [-0.1, -0.05) is 34.1 Å². The van der Waals surface area contributed by atoms with Gasteiger partial charge in [-0.25, -0.2) is 0 Å². The number of amides is 1. The molecule has 1 aromatic rings. The van der Waals surface area contributed by atoms with Gasteiger partial charge in [0, 0.05) is 17.0 Å². The number of hydrogen-bond acceptors (Lipinski definition) is 7. The summed E-state index contributed by atoms with van der Waals surface area (Å²) in [4.78, 5) is 26.6.